The molecule has 1 aromatic heterocycles. The number of benzene rings is 1. The first-order valence-electron chi connectivity index (χ1n) is 5.51. The Hall–Kier alpha value is -1.47. The number of carboxylic acid groups (broad SMARTS) is 1. The first-order chi connectivity index (χ1) is 8.97. The summed E-state index contributed by atoms with van der Waals surface area (Å²) < 4.78 is 18.4. The maximum absolute atomic E-state index is 13.6. The van der Waals surface area contributed by atoms with Crippen molar-refractivity contribution in [1.82, 2.24) is 9.36 Å². The molecule has 0 spiro atoms. The summed E-state index contributed by atoms with van der Waals surface area (Å²) in [4.78, 5) is 15.4. The smallest absolute Gasteiger partial charge is 0.335 e. The van der Waals surface area contributed by atoms with E-state index in [2.05, 4.69) is 9.36 Å². The topological polar surface area (TPSA) is 63.1 Å². The number of hydrogen-bond donors (Lipinski definition) is 1. The van der Waals surface area contributed by atoms with Gasteiger partial charge in [0.05, 0.1) is 10.5 Å². The van der Waals surface area contributed by atoms with E-state index in [9.17, 15) is 9.18 Å². The van der Waals surface area contributed by atoms with Gasteiger partial charge in [0.25, 0.3) is 0 Å². The predicted molar refractivity (Wildman–Crippen MR) is 71.5 cm³/mol. The van der Waals surface area contributed by atoms with Crippen molar-refractivity contribution in [2.75, 3.05) is 0 Å². The van der Waals surface area contributed by atoms with Gasteiger partial charge in [0.15, 0.2) is 4.34 Å². The van der Waals surface area contributed by atoms with Crippen molar-refractivity contribution in [3.63, 3.8) is 0 Å². The molecule has 19 heavy (non-hydrogen) atoms. The van der Waals surface area contributed by atoms with E-state index in [1.165, 1.54) is 23.7 Å². The summed E-state index contributed by atoms with van der Waals surface area (Å²) >= 11 is 2.27. The Kier molecular flexibility index (Phi) is 4.16. The minimum atomic E-state index is -1.08. The highest BCUT2D eigenvalue weighted by Crippen LogP contribution is 2.32. The zero-order valence-electron chi connectivity index (χ0n) is 10.3. The van der Waals surface area contributed by atoms with Crippen molar-refractivity contribution in [2.24, 2.45) is 0 Å². The van der Waals surface area contributed by atoms with Gasteiger partial charge in [-0.15, -0.1) is 0 Å². The van der Waals surface area contributed by atoms with Crippen LogP contribution in [0.15, 0.2) is 27.4 Å². The minimum absolute atomic E-state index is 0.0532. The zero-order valence-corrected chi connectivity index (χ0v) is 11.9. The highest BCUT2D eigenvalue weighted by molar-refractivity contribution is 8.01. The second kappa shape index (κ2) is 5.66. The van der Waals surface area contributed by atoms with Crippen LogP contribution < -0.4 is 0 Å². The largest absolute Gasteiger partial charge is 0.478 e. The molecule has 0 unspecified atom stereocenters. The maximum atomic E-state index is 13.6. The number of nitrogens with zero attached hydrogens (tertiary/aromatic N) is 2. The molecule has 0 aliphatic carbocycles. The number of hydrogen-bond acceptors (Lipinski definition) is 5. The van der Waals surface area contributed by atoms with Crippen LogP contribution in [-0.2, 0) is 0 Å². The molecule has 4 nitrogen and oxygen atoms in total. The molecule has 0 saturated carbocycles. The van der Waals surface area contributed by atoms with Crippen molar-refractivity contribution in [1.29, 1.82) is 0 Å². The van der Waals surface area contributed by atoms with Gasteiger partial charge in [-0.2, -0.15) is 4.37 Å². The summed E-state index contributed by atoms with van der Waals surface area (Å²) in [5.41, 5.74) is 0.0532. The van der Waals surface area contributed by atoms with Crippen LogP contribution in [-0.4, -0.2) is 20.4 Å². The van der Waals surface area contributed by atoms with E-state index in [-0.39, 0.29) is 16.4 Å². The van der Waals surface area contributed by atoms with Crippen molar-refractivity contribution < 1.29 is 14.3 Å². The lowest BCUT2D eigenvalue weighted by Gasteiger charge is -2.01. The quantitative estimate of drug-likeness (QED) is 0.933. The average Bonchev–Trinajstić information content (AvgIpc) is 2.80. The highest BCUT2D eigenvalue weighted by atomic mass is 32.2. The van der Waals surface area contributed by atoms with Crippen molar-refractivity contribution >= 4 is 29.3 Å². The Bertz CT molecular complexity index is 614. The summed E-state index contributed by atoms with van der Waals surface area (Å²) in [6.07, 6.45) is 0. The Balaban J connectivity index is 2.26. The number of aromatic carboxylic acids is 1. The fourth-order valence-corrected chi connectivity index (χ4v) is 3.07. The molecule has 0 amide bonds. The summed E-state index contributed by atoms with van der Waals surface area (Å²) in [5, 5.41) is 8.89. The molecule has 2 aromatic rings. The van der Waals surface area contributed by atoms with E-state index >= 15 is 0 Å². The van der Waals surface area contributed by atoms with Gasteiger partial charge < -0.3 is 5.11 Å². The number of halogens is 1. The first-order valence-corrected chi connectivity index (χ1v) is 7.10. The molecule has 0 aliphatic heterocycles. The molecule has 0 radical (unpaired) electrons. The Morgan fingerprint density at radius 2 is 2.21 bits per heavy atom. The molecule has 1 N–H and O–H groups in total. The van der Waals surface area contributed by atoms with Gasteiger partial charge in [-0.05, 0) is 29.7 Å². The van der Waals surface area contributed by atoms with Gasteiger partial charge >= 0.3 is 5.97 Å². The summed E-state index contributed by atoms with van der Waals surface area (Å²) in [7, 11) is 0. The molecular formula is C12H11FN2O2S2. The third-order valence-electron chi connectivity index (χ3n) is 2.31. The molecule has 7 heteroatoms. The summed E-state index contributed by atoms with van der Waals surface area (Å²) in [5.74, 6) is -0.624. The number of carboxylic acids is 1. The molecular weight excluding hydrogens is 287 g/mol. The van der Waals surface area contributed by atoms with Crippen molar-refractivity contribution in [2.45, 2.75) is 29.0 Å². The third-order valence-corrected chi connectivity index (χ3v) is 4.11. The number of carbonyl (C=O) groups is 1. The van der Waals surface area contributed by atoms with E-state index in [1.807, 2.05) is 13.8 Å². The lowest BCUT2D eigenvalue weighted by Crippen LogP contribution is -1.97. The standard InChI is InChI=1S/C12H11FN2O2S2/c1-6(2)10-14-12(19-15-10)18-9-5-7(11(16)17)3-4-8(9)13/h3-6H,1-2H3,(H,16,17). The zero-order chi connectivity index (χ0) is 14.0. The van der Waals surface area contributed by atoms with E-state index < -0.39 is 11.8 Å². The average molecular weight is 298 g/mol. The van der Waals surface area contributed by atoms with Crippen LogP contribution in [0.2, 0.25) is 0 Å². The van der Waals surface area contributed by atoms with Crippen LogP contribution in [0.4, 0.5) is 4.39 Å². The fraction of sp³-hybridized carbons (Fsp3) is 0.250. The molecule has 0 bridgehead atoms. The fourth-order valence-electron chi connectivity index (χ4n) is 1.30. The number of aromatic nitrogens is 2. The molecule has 100 valence electrons. The van der Waals surface area contributed by atoms with Crippen molar-refractivity contribution in [3.8, 4) is 0 Å². The van der Waals surface area contributed by atoms with Crippen LogP contribution in [0.1, 0.15) is 35.9 Å². The number of rotatable bonds is 4. The van der Waals surface area contributed by atoms with Gasteiger partial charge in [-0.1, -0.05) is 25.6 Å². The minimum Gasteiger partial charge on any atom is -0.478 e. The first kappa shape index (κ1) is 14.0. The van der Waals surface area contributed by atoms with E-state index in [4.69, 9.17) is 5.11 Å². The normalized spacial score (nSPS) is 10.9. The molecule has 1 heterocycles. The van der Waals surface area contributed by atoms with Gasteiger partial charge in [0.2, 0.25) is 0 Å². The molecule has 2 rings (SSSR count). The van der Waals surface area contributed by atoms with Gasteiger partial charge in [-0.3, -0.25) is 0 Å². The molecule has 0 saturated heterocycles. The van der Waals surface area contributed by atoms with Crippen LogP contribution in [0.3, 0.4) is 0 Å². The van der Waals surface area contributed by atoms with E-state index in [1.54, 1.807) is 0 Å². The second-order valence-electron chi connectivity index (χ2n) is 4.13. The Morgan fingerprint density at radius 1 is 1.47 bits per heavy atom. The van der Waals surface area contributed by atoms with Gasteiger partial charge in [-0.25, -0.2) is 14.2 Å². The monoisotopic (exact) mass is 298 g/mol. The Morgan fingerprint density at radius 3 is 2.79 bits per heavy atom. The van der Waals surface area contributed by atoms with E-state index in [0.29, 0.717) is 10.2 Å². The predicted octanol–water partition coefficient (Wildman–Crippen LogP) is 3.65. The SMILES string of the molecule is CC(C)c1nsc(Sc2cc(C(=O)O)ccc2F)n1. The van der Waals surface area contributed by atoms with Crippen LogP contribution in [0.5, 0.6) is 0 Å². The third kappa shape index (κ3) is 3.30. The second-order valence-corrected chi connectivity index (χ2v) is 6.17. The van der Waals surface area contributed by atoms with Crippen LogP contribution in [0.25, 0.3) is 0 Å². The lowest BCUT2D eigenvalue weighted by molar-refractivity contribution is 0.0696. The lowest BCUT2D eigenvalue weighted by atomic mass is 10.2. The molecule has 1 aromatic carbocycles. The summed E-state index contributed by atoms with van der Waals surface area (Å²) in [6, 6.07) is 3.69. The van der Waals surface area contributed by atoms with Crippen LogP contribution >= 0.6 is 23.3 Å². The highest BCUT2D eigenvalue weighted by Gasteiger charge is 2.13. The van der Waals surface area contributed by atoms with Crippen molar-refractivity contribution in [3.05, 3.63) is 35.4 Å². The van der Waals surface area contributed by atoms with Gasteiger partial charge in [0.1, 0.15) is 11.6 Å². The van der Waals surface area contributed by atoms with Gasteiger partial charge in [0, 0.05) is 5.92 Å². The molecule has 0 aliphatic rings. The maximum Gasteiger partial charge on any atom is 0.335 e. The Labute approximate surface area is 117 Å². The van der Waals surface area contributed by atoms with E-state index in [0.717, 1.165) is 17.8 Å². The molecule has 0 fully saturated rings. The van der Waals surface area contributed by atoms with Crippen LogP contribution in [0, 0.1) is 5.82 Å². The molecule has 0 atom stereocenters. The summed E-state index contributed by atoms with van der Waals surface area (Å²) in [6.45, 7) is 3.95.